The zero-order valence-corrected chi connectivity index (χ0v) is 23.7. The topological polar surface area (TPSA) is 133 Å². The van der Waals surface area contributed by atoms with Gasteiger partial charge in [0.25, 0.3) is 5.92 Å². The summed E-state index contributed by atoms with van der Waals surface area (Å²) in [7, 11) is 0. The van der Waals surface area contributed by atoms with Crippen molar-refractivity contribution < 1.29 is 18.7 Å². The molecule has 1 aliphatic heterocycles. The smallest absolute Gasteiger partial charge is 0.270 e. The van der Waals surface area contributed by atoms with E-state index >= 15 is 0 Å². The molecular weight excluding hydrogens is 568 g/mol. The second-order valence-corrected chi connectivity index (χ2v) is 11.6. The van der Waals surface area contributed by atoms with Gasteiger partial charge in [0, 0.05) is 31.6 Å². The maximum atomic E-state index is 13.5. The minimum Gasteiger partial charge on any atom is -0.390 e. The maximum absolute atomic E-state index is 13.5. The van der Waals surface area contributed by atoms with Gasteiger partial charge in [-0.15, -0.1) is 11.5 Å². The van der Waals surface area contributed by atoms with Crippen molar-refractivity contribution in [3.05, 3.63) is 59.8 Å². The largest absolute Gasteiger partial charge is 0.390 e. The predicted octanol–water partition coefficient (Wildman–Crippen LogP) is 3.41. The summed E-state index contributed by atoms with van der Waals surface area (Å²) in [5, 5.41) is 28.5. The molecule has 1 saturated carbocycles. The van der Waals surface area contributed by atoms with Crippen molar-refractivity contribution in [1.29, 1.82) is 0 Å². The monoisotopic (exact) mass is 599 g/mol. The lowest BCUT2D eigenvalue weighted by Crippen LogP contribution is -2.44. The first-order valence-electron chi connectivity index (χ1n) is 14.7. The number of benzene rings is 2. The van der Waals surface area contributed by atoms with Crippen LogP contribution < -0.4 is 20.9 Å². The molecule has 2 aliphatic carbocycles. The predicted molar refractivity (Wildman–Crippen MR) is 161 cm³/mol. The van der Waals surface area contributed by atoms with E-state index < -0.39 is 30.0 Å². The zero-order chi connectivity index (χ0) is 30.4. The number of piperidine rings is 1. The molecule has 1 saturated heterocycles. The van der Waals surface area contributed by atoms with Crippen molar-refractivity contribution in [1.82, 2.24) is 30.3 Å². The van der Waals surface area contributed by atoms with E-state index in [2.05, 4.69) is 37.2 Å². The molecule has 7 rings (SSSR count). The molecule has 3 heterocycles. The SMILES string of the molecule is C#CCn1nnc2ccc(Nc3ncc(N4CCC[C@H](C(=O)NC5CC5(F)F)C4)c(N[C@H]4c5ccccc5C[C@H]4O)n3)cc21. The summed E-state index contributed by atoms with van der Waals surface area (Å²) in [4.78, 5) is 24.3. The van der Waals surface area contributed by atoms with Gasteiger partial charge in [-0.2, -0.15) is 4.98 Å². The Bertz CT molecular complexity index is 1770. The number of alkyl halides is 2. The Morgan fingerprint density at radius 1 is 1.23 bits per heavy atom. The number of rotatable bonds is 8. The number of aliphatic hydroxyl groups is 1. The van der Waals surface area contributed by atoms with Crippen LogP contribution in [0.15, 0.2) is 48.7 Å². The molecule has 11 nitrogen and oxygen atoms in total. The van der Waals surface area contributed by atoms with Crippen LogP contribution in [0.25, 0.3) is 11.0 Å². The van der Waals surface area contributed by atoms with Gasteiger partial charge in [0.15, 0.2) is 5.82 Å². The molecule has 4 atom stereocenters. The Morgan fingerprint density at radius 3 is 2.89 bits per heavy atom. The molecule has 3 aliphatic rings. The average molecular weight is 600 g/mol. The molecule has 0 bridgehead atoms. The number of aliphatic hydroxyl groups excluding tert-OH is 1. The quantitative estimate of drug-likeness (QED) is 0.225. The van der Waals surface area contributed by atoms with E-state index in [4.69, 9.17) is 11.4 Å². The summed E-state index contributed by atoms with van der Waals surface area (Å²) in [5.74, 6) is -0.261. The fourth-order valence-electron chi connectivity index (χ4n) is 6.11. The van der Waals surface area contributed by atoms with Gasteiger partial charge >= 0.3 is 0 Å². The Morgan fingerprint density at radius 2 is 2.07 bits per heavy atom. The van der Waals surface area contributed by atoms with E-state index in [1.165, 1.54) is 0 Å². The van der Waals surface area contributed by atoms with Crippen LogP contribution in [0.4, 0.5) is 31.9 Å². The highest BCUT2D eigenvalue weighted by Gasteiger charge is 2.58. The van der Waals surface area contributed by atoms with E-state index in [9.17, 15) is 18.7 Å². The van der Waals surface area contributed by atoms with Gasteiger partial charge in [-0.05, 0) is 42.2 Å². The van der Waals surface area contributed by atoms with Crippen LogP contribution in [0.2, 0.25) is 0 Å². The Kier molecular flexibility index (Phi) is 7.01. The summed E-state index contributed by atoms with van der Waals surface area (Å²) < 4.78 is 28.6. The summed E-state index contributed by atoms with van der Waals surface area (Å²) in [5.41, 5.74) is 4.87. The van der Waals surface area contributed by atoms with Gasteiger partial charge in [-0.1, -0.05) is 35.4 Å². The molecule has 2 aromatic carbocycles. The number of nitrogens with zero attached hydrogens (tertiary/aromatic N) is 6. The lowest BCUT2D eigenvalue weighted by atomic mass is 9.96. The molecule has 1 amide bonds. The third kappa shape index (κ3) is 5.37. The minimum absolute atomic E-state index is 0.280. The number of nitrogens with one attached hydrogen (secondary N) is 3. The standard InChI is InChI=1S/C31H31F2N9O2/c1-2-11-42-23-14-20(9-10-22(23)39-40-42)35-30-34-16-24(28(38-30)37-27-21-8-4-3-6-18(21)13-25(27)43)41-12-5-7-19(17-41)29(44)36-26-15-31(26,32)33/h1,3-4,6,8-10,14,16,19,25-27,43H,5,7,11-13,15,17H2,(H,36,44)(H2,34,35,37,38)/t19-,25+,26?,27-/m0/s1. The number of hydrogen-bond acceptors (Lipinski definition) is 9. The van der Waals surface area contributed by atoms with Crippen LogP contribution in [0.1, 0.15) is 36.4 Å². The molecule has 13 heteroatoms. The van der Waals surface area contributed by atoms with Crippen molar-refractivity contribution >= 4 is 40.1 Å². The summed E-state index contributed by atoms with van der Waals surface area (Å²) in [6, 6.07) is 11.9. The molecule has 0 spiro atoms. The van der Waals surface area contributed by atoms with Gasteiger partial charge in [0.2, 0.25) is 11.9 Å². The van der Waals surface area contributed by atoms with Gasteiger partial charge in [0.05, 0.1) is 41.5 Å². The molecule has 1 unspecified atom stereocenters. The van der Waals surface area contributed by atoms with Crippen molar-refractivity contribution in [2.75, 3.05) is 28.6 Å². The third-order valence-corrected chi connectivity index (χ3v) is 8.55. The average Bonchev–Trinajstić information content (AvgIpc) is 3.29. The summed E-state index contributed by atoms with van der Waals surface area (Å²) in [6.07, 6.45) is 7.99. The number of amides is 1. The second kappa shape index (κ2) is 11.0. The molecule has 4 aromatic rings. The van der Waals surface area contributed by atoms with E-state index in [1.54, 1.807) is 10.9 Å². The number of carbonyl (C=O) groups is 1. The Labute approximate surface area is 252 Å². The van der Waals surface area contributed by atoms with Crippen LogP contribution in [0, 0.1) is 18.3 Å². The van der Waals surface area contributed by atoms with E-state index in [-0.39, 0.29) is 18.9 Å². The number of fused-ring (bicyclic) bond motifs is 2. The van der Waals surface area contributed by atoms with E-state index in [1.807, 2.05) is 47.4 Å². The fourth-order valence-corrected chi connectivity index (χ4v) is 6.11. The van der Waals surface area contributed by atoms with Crippen molar-refractivity contribution in [2.45, 2.75) is 56.3 Å². The molecular formula is C31H31F2N9O2. The van der Waals surface area contributed by atoms with Crippen molar-refractivity contribution in [3.8, 4) is 12.3 Å². The highest BCUT2D eigenvalue weighted by Crippen LogP contribution is 2.42. The van der Waals surface area contributed by atoms with Gasteiger partial charge in [-0.25, -0.2) is 18.4 Å². The molecule has 0 radical (unpaired) electrons. The molecule has 226 valence electrons. The minimum atomic E-state index is -2.82. The van der Waals surface area contributed by atoms with Gasteiger partial charge in [-0.3, -0.25) is 4.79 Å². The molecule has 4 N–H and O–H groups in total. The highest BCUT2D eigenvalue weighted by atomic mass is 19.3. The van der Waals surface area contributed by atoms with E-state index in [0.29, 0.717) is 61.0 Å². The molecule has 2 fully saturated rings. The number of aromatic nitrogens is 5. The van der Waals surface area contributed by atoms with Crippen molar-refractivity contribution in [2.24, 2.45) is 5.92 Å². The van der Waals surface area contributed by atoms with Crippen LogP contribution >= 0.6 is 0 Å². The number of halogens is 2. The molecule has 44 heavy (non-hydrogen) atoms. The van der Waals surface area contributed by atoms with Crippen LogP contribution in [0.3, 0.4) is 0 Å². The number of anilines is 4. The van der Waals surface area contributed by atoms with Crippen LogP contribution in [-0.4, -0.2) is 67.1 Å². The van der Waals surface area contributed by atoms with Crippen LogP contribution in [0.5, 0.6) is 0 Å². The number of hydrogen-bond donors (Lipinski definition) is 4. The molecule has 2 aromatic heterocycles. The van der Waals surface area contributed by atoms with Crippen LogP contribution in [-0.2, 0) is 17.8 Å². The highest BCUT2D eigenvalue weighted by molar-refractivity contribution is 5.82. The lowest BCUT2D eigenvalue weighted by molar-refractivity contribution is -0.126. The number of terminal acetylenes is 1. The first-order valence-corrected chi connectivity index (χ1v) is 14.7. The summed E-state index contributed by atoms with van der Waals surface area (Å²) >= 11 is 0. The first-order chi connectivity index (χ1) is 21.3. The normalized spacial score (nSPS) is 23.5. The van der Waals surface area contributed by atoms with Gasteiger partial charge < -0.3 is 26.0 Å². The zero-order valence-electron chi connectivity index (χ0n) is 23.7. The Hall–Kier alpha value is -4.83. The fraction of sp³-hybridized carbons (Fsp3) is 0.387. The van der Waals surface area contributed by atoms with Gasteiger partial charge in [0.1, 0.15) is 12.1 Å². The Balaban J connectivity index is 1.18. The summed E-state index contributed by atoms with van der Waals surface area (Å²) in [6.45, 7) is 1.25. The van der Waals surface area contributed by atoms with Crippen molar-refractivity contribution in [3.63, 3.8) is 0 Å². The van der Waals surface area contributed by atoms with E-state index in [0.717, 1.165) is 16.6 Å². The first kappa shape index (κ1) is 28.0. The number of carbonyl (C=O) groups excluding carboxylic acids is 1. The maximum Gasteiger partial charge on any atom is 0.270 e. The third-order valence-electron chi connectivity index (χ3n) is 8.55. The second-order valence-electron chi connectivity index (χ2n) is 11.6. The lowest BCUT2D eigenvalue weighted by Gasteiger charge is -2.35.